The van der Waals surface area contributed by atoms with E-state index in [0.29, 0.717) is 46.2 Å². The fraction of sp³-hybridized carbons (Fsp3) is 0.400. The molecule has 192 valence electrons. The number of amides is 2. The van der Waals surface area contributed by atoms with Crippen molar-refractivity contribution in [1.29, 1.82) is 0 Å². The van der Waals surface area contributed by atoms with E-state index in [1.807, 2.05) is 52.3 Å². The molecule has 4 fully saturated rings. The summed E-state index contributed by atoms with van der Waals surface area (Å²) in [6, 6.07) is 17.6. The van der Waals surface area contributed by atoms with Crippen molar-refractivity contribution in [3.05, 3.63) is 65.7 Å². The number of hydrogen-bond acceptors (Lipinski definition) is 5. The smallest absolute Gasteiger partial charge is 0.254 e. The predicted octanol–water partition coefficient (Wildman–Crippen LogP) is 3.99. The lowest BCUT2D eigenvalue weighted by molar-refractivity contribution is 0.0629. The zero-order valence-electron chi connectivity index (χ0n) is 21.0. The summed E-state index contributed by atoms with van der Waals surface area (Å²) in [6.45, 7) is 3.78. The van der Waals surface area contributed by atoms with Gasteiger partial charge in [-0.1, -0.05) is 24.3 Å². The number of aromatic nitrogens is 3. The van der Waals surface area contributed by atoms with E-state index in [1.54, 1.807) is 0 Å². The van der Waals surface area contributed by atoms with Crippen LogP contribution < -0.4 is 4.74 Å². The molecule has 2 aliphatic carbocycles. The second kappa shape index (κ2) is 8.28. The molecule has 1 N–H and O–H groups in total. The van der Waals surface area contributed by atoms with Crippen molar-refractivity contribution in [3.63, 3.8) is 0 Å². The first kappa shape index (κ1) is 22.1. The number of benzene rings is 3. The zero-order chi connectivity index (χ0) is 25.4. The molecule has 4 aromatic rings. The maximum atomic E-state index is 13.7. The largest absolute Gasteiger partial charge is 0.493 e. The van der Waals surface area contributed by atoms with Crippen molar-refractivity contribution in [3.8, 4) is 5.75 Å². The lowest BCUT2D eigenvalue weighted by Gasteiger charge is -2.42. The molecule has 2 aliphatic heterocycles. The van der Waals surface area contributed by atoms with Gasteiger partial charge in [-0.15, -0.1) is 0 Å². The van der Waals surface area contributed by atoms with Crippen molar-refractivity contribution in [2.75, 3.05) is 32.8 Å². The predicted molar refractivity (Wildman–Crippen MR) is 142 cm³/mol. The summed E-state index contributed by atoms with van der Waals surface area (Å²) in [5.74, 6) is 3.47. The first-order valence-corrected chi connectivity index (χ1v) is 13.7. The first-order chi connectivity index (χ1) is 18.6. The highest BCUT2D eigenvalue weighted by atomic mass is 16.5. The molecule has 3 aromatic carbocycles. The van der Waals surface area contributed by atoms with Crippen molar-refractivity contribution < 1.29 is 14.3 Å². The summed E-state index contributed by atoms with van der Waals surface area (Å²) in [4.78, 5) is 30.9. The highest BCUT2D eigenvalue weighted by Gasteiger charge is 2.59. The Hall–Kier alpha value is -3.94. The fourth-order valence-corrected chi connectivity index (χ4v) is 7.06. The van der Waals surface area contributed by atoms with Crippen LogP contribution in [-0.2, 0) is 0 Å². The molecule has 3 heterocycles. The average Bonchev–Trinajstić information content (AvgIpc) is 3.33. The minimum absolute atomic E-state index is 0.0604. The number of rotatable bonds is 5. The Morgan fingerprint density at radius 3 is 2.16 bits per heavy atom. The van der Waals surface area contributed by atoms with Gasteiger partial charge in [0.1, 0.15) is 16.8 Å². The lowest BCUT2D eigenvalue weighted by atomic mass is 9.60. The molecule has 2 saturated carbocycles. The molecule has 0 unspecified atom stereocenters. The standard InChI is InChI=1S/C30H29N5O3/c36-29(19-7-8-26-27(10-19)32-33-31-26)34-12-22-23(13-34)25-15-35(14-24(22)25)30(37)20-9-18-3-1-2-4-21(18)28(11-20)38-16-17-5-6-17/h1-4,7-11,17,22-25H,5-6,12-16H2,(H,31,32,33)/t22-,23+,24+,25-. The van der Waals surface area contributed by atoms with Gasteiger partial charge in [-0.3, -0.25) is 9.59 Å². The Morgan fingerprint density at radius 1 is 0.789 bits per heavy atom. The first-order valence-electron chi connectivity index (χ1n) is 13.7. The molecule has 8 rings (SSSR count). The van der Waals surface area contributed by atoms with Crippen LogP contribution in [0.5, 0.6) is 5.75 Å². The van der Waals surface area contributed by atoms with Crippen LogP contribution in [0.1, 0.15) is 33.6 Å². The van der Waals surface area contributed by atoms with E-state index >= 15 is 0 Å². The summed E-state index contributed by atoms with van der Waals surface area (Å²) >= 11 is 0. The van der Waals surface area contributed by atoms with Crippen molar-refractivity contribution in [2.45, 2.75) is 12.8 Å². The maximum Gasteiger partial charge on any atom is 0.254 e. The molecule has 38 heavy (non-hydrogen) atoms. The summed E-state index contributed by atoms with van der Waals surface area (Å²) in [7, 11) is 0. The molecule has 2 amide bonds. The van der Waals surface area contributed by atoms with Crippen LogP contribution in [0, 0.1) is 29.6 Å². The number of nitrogens with zero attached hydrogens (tertiary/aromatic N) is 4. The highest BCUT2D eigenvalue weighted by Crippen LogP contribution is 2.54. The molecule has 1 aromatic heterocycles. The highest BCUT2D eigenvalue weighted by molar-refractivity contribution is 6.01. The van der Waals surface area contributed by atoms with Crippen molar-refractivity contribution in [1.82, 2.24) is 25.2 Å². The van der Waals surface area contributed by atoms with E-state index in [1.165, 1.54) is 12.8 Å². The van der Waals surface area contributed by atoms with Gasteiger partial charge >= 0.3 is 0 Å². The Labute approximate surface area is 219 Å². The zero-order valence-corrected chi connectivity index (χ0v) is 21.0. The second-order valence-electron chi connectivity index (χ2n) is 11.6. The van der Waals surface area contributed by atoms with E-state index in [4.69, 9.17) is 4.74 Å². The summed E-state index contributed by atoms with van der Waals surface area (Å²) in [6.07, 6.45) is 2.46. The molecule has 0 spiro atoms. The number of H-pyrrole nitrogens is 1. The van der Waals surface area contributed by atoms with Gasteiger partial charge in [0, 0.05) is 42.7 Å². The van der Waals surface area contributed by atoms with Gasteiger partial charge in [0.05, 0.1) is 6.61 Å². The Kier molecular flexibility index (Phi) is 4.81. The van der Waals surface area contributed by atoms with Crippen LogP contribution in [0.3, 0.4) is 0 Å². The van der Waals surface area contributed by atoms with Crippen molar-refractivity contribution >= 4 is 33.6 Å². The third-order valence-electron chi connectivity index (χ3n) is 9.30. The number of hydrogen-bond donors (Lipinski definition) is 1. The number of fused-ring (bicyclic) bond motifs is 6. The number of aromatic amines is 1. The van der Waals surface area contributed by atoms with Gasteiger partial charge in [0.25, 0.3) is 11.8 Å². The molecule has 0 bridgehead atoms. The van der Waals surface area contributed by atoms with E-state index in [0.717, 1.165) is 54.8 Å². The quantitative estimate of drug-likeness (QED) is 0.441. The minimum Gasteiger partial charge on any atom is -0.493 e. The number of likely N-dealkylation sites (tertiary alicyclic amines) is 2. The molecule has 8 heteroatoms. The number of nitrogens with one attached hydrogen (secondary N) is 1. The minimum atomic E-state index is 0.0604. The number of carbonyl (C=O) groups excluding carboxylic acids is 2. The van der Waals surface area contributed by atoms with Gasteiger partial charge < -0.3 is 14.5 Å². The fourth-order valence-electron chi connectivity index (χ4n) is 7.06. The molecule has 8 nitrogen and oxygen atoms in total. The topological polar surface area (TPSA) is 91.4 Å². The summed E-state index contributed by atoms with van der Waals surface area (Å²) in [5, 5.41) is 12.9. The van der Waals surface area contributed by atoms with E-state index in [-0.39, 0.29) is 11.8 Å². The van der Waals surface area contributed by atoms with Gasteiger partial charge in [0.2, 0.25) is 0 Å². The summed E-state index contributed by atoms with van der Waals surface area (Å²) < 4.78 is 6.18. The average molecular weight is 508 g/mol. The third-order valence-corrected chi connectivity index (χ3v) is 9.30. The number of carbonyl (C=O) groups is 2. The molecule has 0 radical (unpaired) electrons. The van der Waals surface area contributed by atoms with Crippen LogP contribution in [0.15, 0.2) is 54.6 Å². The second-order valence-corrected chi connectivity index (χ2v) is 11.6. The van der Waals surface area contributed by atoms with Gasteiger partial charge in [-0.25, -0.2) is 0 Å². The third kappa shape index (κ3) is 3.50. The van der Waals surface area contributed by atoms with Crippen LogP contribution in [0.4, 0.5) is 0 Å². The van der Waals surface area contributed by atoms with E-state index < -0.39 is 0 Å². The van der Waals surface area contributed by atoms with E-state index in [2.05, 4.69) is 27.5 Å². The molecule has 2 saturated heterocycles. The van der Waals surface area contributed by atoms with Crippen LogP contribution in [0.2, 0.25) is 0 Å². The van der Waals surface area contributed by atoms with Gasteiger partial charge in [0.15, 0.2) is 0 Å². The molecule has 4 atom stereocenters. The normalized spacial score (nSPS) is 25.9. The Morgan fingerprint density at radius 2 is 1.45 bits per heavy atom. The van der Waals surface area contributed by atoms with E-state index in [9.17, 15) is 9.59 Å². The molecule has 4 aliphatic rings. The summed E-state index contributed by atoms with van der Waals surface area (Å²) in [5.41, 5.74) is 2.83. The van der Waals surface area contributed by atoms with Gasteiger partial charge in [-0.2, -0.15) is 15.4 Å². The molecular weight excluding hydrogens is 478 g/mol. The Balaban J connectivity index is 0.969. The monoisotopic (exact) mass is 507 g/mol. The SMILES string of the molecule is O=C(c1cc(OCC2CC2)c2ccccc2c1)N1C[C@@H]2[C@H](C1)[C@H]1CN(C(=O)c3ccc4n[nH]nc4c3)C[C@@H]21. The van der Waals surface area contributed by atoms with Crippen molar-refractivity contribution in [2.24, 2.45) is 29.6 Å². The van der Waals surface area contributed by atoms with Crippen LogP contribution in [0.25, 0.3) is 21.8 Å². The Bertz CT molecular complexity index is 1570. The van der Waals surface area contributed by atoms with Crippen LogP contribution in [-0.4, -0.2) is 69.8 Å². The molecular formula is C30H29N5O3. The van der Waals surface area contributed by atoms with Gasteiger partial charge in [-0.05, 0) is 78.1 Å². The lowest BCUT2D eigenvalue weighted by Crippen LogP contribution is -2.44. The maximum absolute atomic E-state index is 13.7. The van der Waals surface area contributed by atoms with Crippen LogP contribution >= 0.6 is 0 Å². The number of ether oxygens (including phenoxy) is 1.